The van der Waals surface area contributed by atoms with Crippen molar-refractivity contribution >= 4 is 23.2 Å². The van der Waals surface area contributed by atoms with Gasteiger partial charge in [0.1, 0.15) is 0 Å². The standard InChI is InChI=1S/C15H24N4OS/c1-16-15(17-10-13-8-5-9-21-13)18-11-14(20)19-12-6-3-2-4-7-12/h5,8-9,12H,2-4,6-7,10-11H2,1H3,(H,19,20)(H2,16,17,18). The quantitative estimate of drug-likeness (QED) is 0.574. The average Bonchev–Trinajstić information content (AvgIpc) is 3.02. The van der Waals surface area contributed by atoms with Gasteiger partial charge in [0.15, 0.2) is 5.96 Å². The van der Waals surface area contributed by atoms with Gasteiger partial charge < -0.3 is 16.0 Å². The molecule has 0 aliphatic heterocycles. The molecule has 1 fully saturated rings. The number of amides is 1. The first-order valence-electron chi connectivity index (χ1n) is 7.54. The van der Waals surface area contributed by atoms with Crippen LogP contribution in [0.2, 0.25) is 0 Å². The molecule has 0 bridgehead atoms. The summed E-state index contributed by atoms with van der Waals surface area (Å²) in [5, 5.41) is 11.4. The van der Waals surface area contributed by atoms with Gasteiger partial charge in [0.2, 0.25) is 5.91 Å². The van der Waals surface area contributed by atoms with Gasteiger partial charge in [-0.05, 0) is 24.3 Å². The highest BCUT2D eigenvalue weighted by molar-refractivity contribution is 7.09. The Bertz CT molecular complexity index is 452. The fourth-order valence-electron chi connectivity index (χ4n) is 2.49. The van der Waals surface area contributed by atoms with Crippen molar-refractivity contribution in [1.29, 1.82) is 0 Å². The van der Waals surface area contributed by atoms with Gasteiger partial charge in [-0.15, -0.1) is 11.3 Å². The highest BCUT2D eigenvalue weighted by atomic mass is 32.1. The molecule has 1 aliphatic rings. The second-order valence-corrected chi connectivity index (χ2v) is 6.29. The summed E-state index contributed by atoms with van der Waals surface area (Å²) in [4.78, 5) is 17.3. The third-order valence-electron chi connectivity index (χ3n) is 3.62. The number of hydrogen-bond acceptors (Lipinski definition) is 3. The lowest BCUT2D eigenvalue weighted by Gasteiger charge is -2.23. The molecule has 1 heterocycles. The number of aliphatic imine (C=N–C) groups is 1. The van der Waals surface area contributed by atoms with Gasteiger partial charge in [0.05, 0.1) is 13.1 Å². The summed E-state index contributed by atoms with van der Waals surface area (Å²) in [6.07, 6.45) is 5.96. The second-order valence-electron chi connectivity index (χ2n) is 5.26. The van der Waals surface area contributed by atoms with Crippen molar-refractivity contribution in [3.63, 3.8) is 0 Å². The molecule has 6 heteroatoms. The molecule has 116 valence electrons. The summed E-state index contributed by atoms with van der Waals surface area (Å²) >= 11 is 1.70. The van der Waals surface area contributed by atoms with Crippen molar-refractivity contribution in [1.82, 2.24) is 16.0 Å². The lowest BCUT2D eigenvalue weighted by molar-refractivity contribution is -0.120. The van der Waals surface area contributed by atoms with Gasteiger partial charge in [-0.3, -0.25) is 9.79 Å². The van der Waals surface area contributed by atoms with Crippen molar-refractivity contribution in [3.8, 4) is 0 Å². The molecular formula is C15H24N4OS. The van der Waals surface area contributed by atoms with E-state index in [0.29, 0.717) is 12.0 Å². The molecule has 1 aromatic heterocycles. The number of guanidine groups is 1. The maximum Gasteiger partial charge on any atom is 0.239 e. The molecule has 1 saturated carbocycles. The summed E-state index contributed by atoms with van der Waals surface area (Å²) in [5.41, 5.74) is 0. The van der Waals surface area contributed by atoms with E-state index in [-0.39, 0.29) is 12.5 Å². The Morgan fingerprint density at radius 1 is 1.33 bits per heavy atom. The molecule has 0 aromatic carbocycles. The van der Waals surface area contributed by atoms with Gasteiger partial charge in [-0.1, -0.05) is 25.3 Å². The van der Waals surface area contributed by atoms with E-state index in [9.17, 15) is 4.79 Å². The fraction of sp³-hybridized carbons (Fsp3) is 0.600. The highest BCUT2D eigenvalue weighted by Gasteiger charge is 2.15. The Hall–Kier alpha value is -1.56. The Morgan fingerprint density at radius 2 is 2.14 bits per heavy atom. The van der Waals surface area contributed by atoms with E-state index >= 15 is 0 Å². The van der Waals surface area contributed by atoms with Crippen LogP contribution in [0, 0.1) is 0 Å². The smallest absolute Gasteiger partial charge is 0.239 e. The Balaban J connectivity index is 1.66. The third-order valence-corrected chi connectivity index (χ3v) is 4.50. The molecular weight excluding hydrogens is 284 g/mol. The van der Waals surface area contributed by atoms with Crippen LogP contribution in [-0.4, -0.2) is 31.5 Å². The zero-order chi connectivity index (χ0) is 14.9. The van der Waals surface area contributed by atoms with Crippen LogP contribution < -0.4 is 16.0 Å². The number of carbonyl (C=O) groups is 1. The predicted molar refractivity (Wildman–Crippen MR) is 87.5 cm³/mol. The van der Waals surface area contributed by atoms with E-state index in [1.54, 1.807) is 18.4 Å². The molecule has 2 rings (SSSR count). The minimum Gasteiger partial charge on any atom is -0.352 e. The number of nitrogens with one attached hydrogen (secondary N) is 3. The van der Waals surface area contributed by atoms with Gasteiger partial charge >= 0.3 is 0 Å². The first-order valence-corrected chi connectivity index (χ1v) is 8.42. The van der Waals surface area contributed by atoms with E-state index < -0.39 is 0 Å². The molecule has 0 saturated heterocycles. The summed E-state index contributed by atoms with van der Waals surface area (Å²) < 4.78 is 0. The average molecular weight is 308 g/mol. The van der Waals surface area contributed by atoms with E-state index in [0.717, 1.165) is 19.4 Å². The number of thiophene rings is 1. The van der Waals surface area contributed by atoms with Crippen LogP contribution in [0.4, 0.5) is 0 Å². The topological polar surface area (TPSA) is 65.5 Å². The van der Waals surface area contributed by atoms with E-state index in [1.165, 1.54) is 24.1 Å². The molecule has 0 atom stereocenters. The normalized spacial score (nSPS) is 16.5. The van der Waals surface area contributed by atoms with Gasteiger partial charge in [-0.25, -0.2) is 0 Å². The Labute approximate surface area is 130 Å². The largest absolute Gasteiger partial charge is 0.352 e. The fourth-order valence-corrected chi connectivity index (χ4v) is 3.14. The molecule has 21 heavy (non-hydrogen) atoms. The van der Waals surface area contributed by atoms with Gasteiger partial charge in [-0.2, -0.15) is 0 Å². The van der Waals surface area contributed by atoms with Crippen molar-refractivity contribution in [2.45, 2.75) is 44.7 Å². The van der Waals surface area contributed by atoms with Crippen molar-refractivity contribution < 1.29 is 4.79 Å². The van der Waals surface area contributed by atoms with Crippen molar-refractivity contribution in [2.75, 3.05) is 13.6 Å². The molecule has 1 aliphatic carbocycles. The molecule has 5 nitrogen and oxygen atoms in total. The zero-order valence-corrected chi connectivity index (χ0v) is 13.3. The van der Waals surface area contributed by atoms with Crippen molar-refractivity contribution in [3.05, 3.63) is 22.4 Å². The Kier molecular flexibility index (Phi) is 6.53. The van der Waals surface area contributed by atoms with Crippen LogP contribution in [-0.2, 0) is 11.3 Å². The van der Waals surface area contributed by atoms with Crippen LogP contribution in [0.5, 0.6) is 0 Å². The maximum absolute atomic E-state index is 11.9. The number of hydrogen-bond donors (Lipinski definition) is 3. The summed E-state index contributed by atoms with van der Waals surface area (Å²) in [6.45, 7) is 0.988. The summed E-state index contributed by atoms with van der Waals surface area (Å²) in [6, 6.07) is 4.45. The van der Waals surface area contributed by atoms with Crippen LogP contribution in [0.15, 0.2) is 22.5 Å². The first-order chi connectivity index (χ1) is 10.3. The second kappa shape index (κ2) is 8.67. The molecule has 1 aromatic rings. The molecule has 0 radical (unpaired) electrons. The van der Waals surface area contributed by atoms with Crippen LogP contribution in [0.1, 0.15) is 37.0 Å². The molecule has 0 unspecified atom stereocenters. The van der Waals surface area contributed by atoms with E-state index in [2.05, 4.69) is 27.0 Å². The van der Waals surface area contributed by atoms with E-state index in [4.69, 9.17) is 0 Å². The minimum absolute atomic E-state index is 0.0426. The first kappa shape index (κ1) is 15.8. The van der Waals surface area contributed by atoms with Crippen LogP contribution in [0.25, 0.3) is 0 Å². The zero-order valence-electron chi connectivity index (χ0n) is 12.5. The monoisotopic (exact) mass is 308 g/mol. The number of nitrogens with zero attached hydrogens (tertiary/aromatic N) is 1. The lowest BCUT2D eigenvalue weighted by Crippen LogP contribution is -2.45. The third kappa shape index (κ3) is 5.75. The Morgan fingerprint density at radius 3 is 2.81 bits per heavy atom. The number of rotatable bonds is 5. The lowest BCUT2D eigenvalue weighted by atomic mass is 9.95. The summed E-state index contributed by atoms with van der Waals surface area (Å²) in [5.74, 6) is 0.697. The molecule has 3 N–H and O–H groups in total. The van der Waals surface area contributed by atoms with Gasteiger partial charge in [0, 0.05) is 18.0 Å². The molecule has 0 spiro atoms. The number of carbonyl (C=O) groups excluding carboxylic acids is 1. The van der Waals surface area contributed by atoms with Crippen LogP contribution in [0.3, 0.4) is 0 Å². The van der Waals surface area contributed by atoms with E-state index in [1.807, 2.05) is 11.4 Å². The SMILES string of the molecule is CN=C(NCC(=O)NC1CCCCC1)NCc1cccs1. The van der Waals surface area contributed by atoms with Gasteiger partial charge in [0.25, 0.3) is 0 Å². The van der Waals surface area contributed by atoms with Crippen molar-refractivity contribution in [2.24, 2.45) is 4.99 Å². The highest BCUT2D eigenvalue weighted by Crippen LogP contribution is 2.17. The van der Waals surface area contributed by atoms with Crippen LogP contribution >= 0.6 is 11.3 Å². The maximum atomic E-state index is 11.9. The summed E-state index contributed by atoms with van der Waals surface area (Å²) in [7, 11) is 1.71. The molecule has 1 amide bonds. The minimum atomic E-state index is 0.0426. The predicted octanol–water partition coefficient (Wildman–Crippen LogP) is 1.86.